The SMILES string of the molecule is CCN(c1cccc(O)c1)S(=O)(=O)NC(=O)OC(C)C. The molecule has 0 heterocycles. The highest BCUT2D eigenvalue weighted by atomic mass is 32.2. The van der Waals surface area contributed by atoms with Gasteiger partial charge in [-0.25, -0.2) is 9.52 Å². The molecule has 1 aromatic carbocycles. The van der Waals surface area contributed by atoms with E-state index in [0.717, 1.165) is 4.31 Å². The standard InChI is InChI=1S/C12H18N2O5S/c1-4-14(10-6-5-7-11(15)8-10)20(17,18)13-12(16)19-9(2)3/h5-9,15H,4H2,1-3H3,(H,13,16). The molecule has 8 heteroatoms. The van der Waals surface area contributed by atoms with E-state index in [0.29, 0.717) is 0 Å². The minimum Gasteiger partial charge on any atom is -0.508 e. The second-order valence-corrected chi connectivity index (χ2v) is 5.84. The number of anilines is 1. The Labute approximate surface area is 118 Å². The molecule has 1 aromatic rings. The van der Waals surface area contributed by atoms with Gasteiger partial charge in [0.05, 0.1) is 11.8 Å². The molecular weight excluding hydrogens is 284 g/mol. The lowest BCUT2D eigenvalue weighted by molar-refractivity contribution is 0.121. The molecule has 0 radical (unpaired) electrons. The Morgan fingerprint density at radius 2 is 2.10 bits per heavy atom. The molecule has 2 N–H and O–H groups in total. The third-order valence-corrected chi connectivity index (χ3v) is 3.72. The van der Waals surface area contributed by atoms with E-state index < -0.39 is 22.4 Å². The smallest absolute Gasteiger partial charge is 0.422 e. The van der Waals surface area contributed by atoms with Crippen molar-refractivity contribution in [1.82, 2.24) is 4.72 Å². The first-order chi connectivity index (χ1) is 9.26. The Bertz CT molecular complexity index is 571. The summed E-state index contributed by atoms with van der Waals surface area (Å²) >= 11 is 0. The van der Waals surface area contributed by atoms with Gasteiger partial charge < -0.3 is 9.84 Å². The topological polar surface area (TPSA) is 95.9 Å². The highest BCUT2D eigenvalue weighted by molar-refractivity contribution is 7.91. The summed E-state index contributed by atoms with van der Waals surface area (Å²) in [5.74, 6) is -0.0686. The van der Waals surface area contributed by atoms with Crippen LogP contribution in [-0.2, 0) is 14.9 Å². The van der Waals surface area contributed by atoms with Crippen molar-refractivity contribution >= 4 is 22.0 Å². The van der Waals surface area contributed by atoms with Gasteiger partial charge in [-0.3, -0.25) is 4.31 Å². The zero-order chi connectivity index (χ0) is 15.3. The van der Waals surface area contributed by atoms with Gasteiger partial charge in [0.15, 0.2) is 0 Å². The van der Waals surface area contributed by atoms with Crippen molar-refractivity contribution in [3.8, 4) is 5.75 Å². The van der Waals surface area contributed by atoms with Crippen molar-refractivity contribution in [3.05, 3.63) is 24.3 Å². The molecule has 0 spiro atoms. The molecule has 112 valence electrons. The van der Waals surface area contributed by atoms with Gasteiger partial charge in [-0.15, -0.1) is 0 Å². The van der Waals surface area contributed by atoms with Crippen LogP contribution in [0, 0.1) is 0 Å². The van der Waals surface area contributed by atoms with E-state index in [1.807, 2.05) is 4.72 Å². The predicted molar refractivity (Wildman–Crippen MR) is 74.8 cm³/mol. The number of nitrogens with zero attached hydrogens (tertiary/aromatic N) is 1. The lowest BCUT2D eigenvalue weighted by Gasteiger charge is -2.23. The maximum atomic E-state index is 12.1. The average molecular weight is 302 g/mol. The molecule has 0 saturated carbocycles. The maximum absolute atomic E-state index is 12.1. The first-order valence-corrected chi connectivity index (χ1v) is 7.50. The van der Waals surface area contributed by atoms with Gasteiger partial charge in [-0.05, 0) is 32.9 Å². The Hall–Kier alpha value is -1.96. The Morgan fingerprint density at radius 1 is 1.45 bits per heavy atom. The van der Waals surface area contributed by atoms with Gasteiger partial charge in [0, 0.05) is 12.6 Å². The average Bonchev–Trinajstić information content (AvgIpc) is 2.27. The van der Waals surface area contributed by atoms with Crippen LogP contribution in [0.3, 0.4) is 0 Å². The van der Waals surface area contributed by atoms with Gasteiger partial charge in [-0.1, -0.05) is 6.07 Å². The van der Waals surface area contributed by atoms with E-state index in [2.05, 4.69) is 0 Å². The van der Waals surface area contributed by atoms with Gasteiger partial charge in [0.25, 0.3) is 0 Å². The molecule has 1 rings (SSSR count). The number of phenolic OH excluding ortho intramolecular Hbond substituents is 1. The normalized spacial score (nSPS) is 11.2. The third kappa shape index (κ3) is 4.30. The van der Waals surface area contributed by atoms with Crippen molar-refractivity contribution in [3.63, 3.8) is 0 Å². The number of phenols is 1. The molecule has 0 aliphatic heterocycles. The number of nitrogens with one attached hydrogen (secondary N) is 1. The number of benzene rings is 1. The lowest BCUT2D eigenvalue weighted by Crippen LogP contribution is -2.44. The quantitative estimate of drug-likeness (QED) is 0.861. The highest BCUT2D eigenvalue weighted by Gasteiger charge is 2.24. The van der Waals surface area contributed by atoms with Crippen LogP contribution in [0.4, 0.5) is 10.5 Å². The van der Waals surface area contributed by atoms with Gasteiger partial charge in [0.2, 0.25) is 0 Å². The molecule has 0 aliphatic rings. The van der Waals surface area contributed by atoms with Crippen LogP contribution in [-0.4, -0.2) is 32.3 Å². The molecule has 0 unspecified atom stereocenters. The van der Waals surface area contributed by atoms with Crippen molar-refractivity contribution < 1.29 is 23.1 Å². The highest BCUT2D eigenvalue weighted by Crippen LogP contribution is 2.21. The summed E-state index contributed by atoms with van der Waals surface area (Å²) < 4.78 is 31.7. The number of hydrogen-bond donors (Lipinski definition) is 2. The number of rotatable bonds is 5. The van der Waals surface area contributed by atoms with Crippen LogP contribution >= 0.6 is 0 Å². The van der Waals surface area contributed by atoms with E-state index in [4.69, 9.17) is 4.74 Å². The zero-order valence-electron chi connectivity index (χ0n) is 11.5. The summed E-state index contributed by atoms with van der Waals surface area (Å²) in [6, 6.07) is 5.73. The molecule has 0 aromatic heterocycles. The van der Waals surface area contributed by atoms with Crippen LogP contribution < -0.4 is 9.03 Å². The fraction of sp³-hybridized carbons (Fsp3) is 0.417. The molecule has 7 nitrogen and oxygen atoms in total. The summed E-state index contributed by atoms with van der Waals surface area (Å²) in [5, 5.41) is 9.39. The number of aromatic hydroxyl groups is 1. The molecular formula is C12H18N2O5S. The Balaban J connectivity index is 2.96. The van der Waals surface area contributed by atoms with E-state index in [-0.39, 0.29) is 18.0 Å². The maximum Gasteiger partial charge on any atom is 0.422 e. The van der Waals surface area contributed by atoms with Crippen LogP contribution in [0.5, 0.6) is 5.75 Å². The van der Waals surface area contributed by atoms with Crippen molar-refractivity contribution in [2.24, 2.45) is 0 Å². The summed E-state index contributed by atoms with van der Waals surface area (Å²) in [5.41, 5.74) is 0.248. The minimum absolute atomic E-state index is 0.0686. The third-order valence-electron chi connectivity index (χ3n) is 2.25. The monoisotopic (exact) mass is 302 g/mol. The summed E-state index contributed by atoms with van der Waals surface area (Å²) in [7, 11) is -4.09. The van der Waals surface area contributed by atoms with E-state index in [1.165, 1.54) is 24.3 Å². The lowest BCUT2D eigenvalue weighted by atomic mass is 10.3. The molecule has 1 amide bonds. The van der Waals surface area contributed by atoms with Crippen LogP contribution in [0.2, 0.25) is 0 Å². The Morgan fingerprint density at radius 3 is 2.60 bits per heavy atom. The summed E-state index contributed by atoms with van der Waals surface area (Å²) in [6.45, 7) is 4.92. The number of carbonyl (C=O) groups is 1. The van der Waals surface area contributed by atoms with Crippen molar-refractivity contribution in [2.45, 2.75) is 26.9 Å². The second-order valence-electron chi connectivity index (χ2n) is 4.25. The summed E-state index contributed by atoms with van der Waals surface area (Å²) in [4.78, 5) is 11.4. The van der Waals surface area contributed by atoms with Gasteiger partial charge >= 0.3 is 16.3 Å². The number of carbonyl (C=O) groups excluding carboxylic acids is 1. The molecule has 0 bridgehead atoms. The number of ether oxygens (including phenoxy) is 1. The van der Waals surface area contributed by atoms with Crippen molar-refractivity contribution in [2.75, 3.05) is 10.8 Å². The molecule has 0 atom stereocenters. The van der Waals surface area contributed by atoms with Gasteiger partial charge in [-0.2, -0.15) is 8.42 Å². The first-order valence-electron chi connectivity index (χ1n) is 6.06. The zero-order valence-corrected chi connectivity index (χ0v) is 12.3. The summed E-state index contributed by atoms with van der Waals surface area (Å²) in [6.07, 6.45) is -1.47. The molecule has 0 saturated heterocycles. The first kappa shape index (κ1) is 16.1. The van der Waals surface area contributed by atoms with Gasteiger partial charge in [0.1, 0.15) is 5.75 Å². The van der Waals surface area contributed by atoms with Crippen LogP contribution in [0.1, 0.15) is 20.8 Å². The largest absolute Gasteiger partial charge is 0.508 e. The fourth-order valence-corrected chi connectivity index (χ4v) is 2.64. The minimum atomic E-state index is -4.09. The predicted octanol–water partition coefficient (Wildman–Crippen LogP) is 1.60. The Kier molecular flexibility index (Phi) is 5.20. The molecule has 0 fully saturated rings. The fourth-order valence-electron chi connectivity index (χ4n) is 1.54. The van der Waals surface area contributed by atoms with Crippen molar-refractivity contribution in [1.29, 1.82) is 0 Å². The van der Waals surface area contributed by atoms with E-state index in [1.54, 1.807) is 20.8 Å². The number of hydrogen-bond acceptors (Lipinski definition) is 5. The van der Waals surface area contributed by atoms with E-state index >= 15 is 0 Å². The molecule has 20 heavy (non-hydrogen) atoms. The van der Waals surface area contributed by atoms with Crippen LogP contribution in [0.15, 0.2) is 24.3 Å². The second kappa shape index (κ2) is 6.47. The number of amides is 1. The van der Waals surface area contributed by atoms with E-state index in [9.17, 15) is 18.3 Å². The molecule has 0 aliphatic carbocycles. The van der Waals surface area contributed by atoms with Crippen LogP contribution in [0.25, 0.3) is 0 Å².